The molecule has 0 aromatic heterocycles. The van der Waals surface area contributed by atoms with Crippen LogP contribution in [0.4, 0.5) is 5.69 Å². The third-order valence-electron chi connectivity index (χ3n) is 3.95. The minimum Gasteiger partial charge on any atom is -0.497 e. The van der Waals surface area contributed by atoms with Crippen molar-refractivity contribution in [2.45, 2.75) is 33.2 Å². The van der Waals surface area contributed by atoms with Crippen molar-refractivity contribution in [1.82, 2.24) is 4.90 Å². The molecule has 1 fully saturated rings. The van der Waals surface area contributed by atoms with Crippen molar-refractivity contribution >= 4 is 5.69 Å². The normalized spacial score (nSPS) is 19.7. The van der Waals surface area contributed by atoms with Crippen LogP contribution in [0.3, 0.4) is 0 Å². The number of hydrogen-bond acceptors (Lipinski definition) is 3. The Hall–Kier alpha value is -1.22. The van der Waals surface area contributed by atoms with Gasteiger partial charge in [0.1, 0.15) is 5.75 Å². The highest BCUT2D eigenvalue weighted by molar-refractivity contribution is 5.50. The van der Waals surface area contributed by atoms with Crippen molar-refractivity contribution in [3.05, 3.63) is 23.8 Å². The van der Waals surface area contributed by atoms with E-state index in [1.165, 1.54) is 18.4 Å². The minimum absolute atomic E-state index is 0.496. The topological polar surface area (TPSA) is 38.5 Å². The molecular weight excluding hydrogens is 224 g/mol. The quantitative estimate of drug-likeness (QED) is 0.836. The van der Waals surface area contributed by atoms with E-state index >= 15 is 0 Å². The summed E-state index contributed by atoms with van der Waals surface area (Å²) in [5, 5.41) is 0. The van der Waals surface area contributed by atoms with Crippen LogP contribution < -0.4 is 10.5 Å². The Morgan fingerprint density at radius 3 is 2.56 bits per heavy atom. The predicted molar refractivity (Wildman–Crippen MR) is 75.7 cm³/mol. The number of nitrogen functional groups attached to an aromatic ring is 1. The molecule has 1 aromatic carbocycles. The number of likely N-dealkylation sites (tertiary alicyclic amines) is 1. The summed E-state index contributed by atoms with van der Waals surface area (Å²) in [5.74, 6) is 0.886. The van der Waals surface area contributed by atoms with Gasteiger partial charge in [-0.25, -0.2) is 0 Å². The average molecular weight is 248 g/mol. The predicted octanol–water partition coefficient (Wildman–Crippen LogP) is 2.90. The van der Waals surface area contributed by atoms with E-state index in [-0.39, 0.29) is 0 Å². The second-order valence-corrected chi connectivity index (χ2v) is 6.01. The maximum absolute atomic E-state index is 6.03. The van der Waals surface area contributed by atoms with E-state index in [4.69, 9.17) is 10.5 Å². The highest BCUT2D eigenvalue weighted by atomic mass is 16.5. The molecule has 0 radical (unpaired) electrons. The third-order valence-corrected chi connectivity index (χ3v) is 3.95. The van der Waals surface area contributed by atoms with Gasteiger partial charge in [-0.2, -0.15) is 0 Å². The summed E-state index contributed by atoms with van der Waals surface area (Å²) < 4.78 is 5.26. The Balaban J connectivity index is 2.01. The molecular formula is C15H24N2O. The molecule has 0 atom stereocenters. The molecule has 100 valence electrons. The number of hydrogen-bond donors (Lipinski definition) is 1. The summed E-state index contributed by atoms with van der Waals surface area (Å²) in [6.07, 6.45) is 2.52. The van der Waals surface area contributed by atoms with Crippen molar-refractivity contribution in [3.8, 4) is 5.75 Å². The Kier molecular flexibility index (Phi) is 3.81. The maximum Gasteiger partial charge on any atom is 0.119 e. The number of ether oxygens (including phenoxy) is 1. The number of benzene rings is 1. The lowest BCUT2D eigenvalue weighted by atomic mass is 9.82. The summed E-state index contributed by atoms with van der Waals surface area (Å²) in [6, 6.07) is 5.90. The average Bonchev–Trinajstić information content (AvgIpc) is 2.34. The lowest BCUT2D eigenvalue weighted by Crippen LogP contribution is -2.36. The molecule has 0 aliphatic carbocycles. The molecule has 0 unspecified atom stereocenters. The largest absolute Gasteiger partial charge is 0.497 e. The minimum atomic E-state index is 0.496. The van der Waals surface area contributed by atoms with E-state index in [1.54, 1.807) is 7.11 Å². The first-order chi connectivity index (χ1) is 8.50. The summed E-state index contributed by atoms with van der Waals surface area (Å²) in [5.41, 5.74) is 8.57. The Morgan fingerprint density at radius 1 is 1.28 bits per heavy atom. The van der Waals surface area contributed by atoms with Gasteiger partial charge in [0.25, 0.3) is 0 Å². The molecule has 2 rings (SSSR count). The van der Waals surface area contributed by atoms with E-state index in [1.807, 2.05) is 12.1 Å². The number of rotatable bonds is 3. The van der Waals surface area contributed by atoms with Crippen LogP contribution in [-0.2, 0) is 6.54 Å². The van der Waals surface area contributed by atoms with Gasteiger partial charge in [0.15, 0.2) is 0 Å². The standard InChI is InChI=1S/C15H24N2O/c1-15(2)6-8-17(9-7-15)11-12-10-13(18-3)4-5-14(12)16/h4-5,10H,6-9,11,16H2,1-3H3. The fourth-order valence-electron chi connectivity index (χ4n) is 2.40. The van der Waals surface area contributed by atoms with Crippen molar-refractivity contribution in [2.75, 3.05) is 25.9 Å². The van der Waals surface area contributed by atoms with Gasteiger partial charge >= 0.3 is 0 Å². The van der Waals surface area contributed by atoms with Crippen LogP contribution in [-0.4, -0.2) is 25.1 Å². The Bertz CT molecular complexity index is 405. The van der Waals surface area contributed by atoms with Gasteiger partial charge < -0.3 is 10.5 Å². The highest BCUT2D eigenvalue weighted by Crippen LogP contribution is 2.31. The van der Waals surface area contributed by atoms with Gasteiger partial charge in [-0.15, -0.1) is 0 Å². The lowest BCUT2D eigenvalue weighted by Gasteiger charge is -2.37. The molecule has 1 heterocycles. The summed E-state index contributed by atoms with van der Waals surface area (Å²) in [4.78, 5) is 2.48. The van der Waals surface area contributed by atoms with Crippen LogP contribution in [0.2, 0.25) is 0 Å². The monoisotopic (exact) mass is 248 g/mol. The molecule has 0 spiro atoms. The van der Waals surface area contributed by atoms with Gasteiger partial charge in [-0.1, -0.05) is 13.8 Å². The van der Waals surface area contributed by atoms with Crippen molar-refractivity contribution < 1.29 is 4.74 Å². The molecule has 2 N–H and O–H groups in total. The summed E-state index contributed by atoms with van der Waals surface area (Å²) in [6.45, 7) is 7.95. The SMILES string of the molecule is COc1ccc(N)c(CN2CCC(C)(C)CC2)c1. The van der Waals surface area contributed by atoms with Gasteiger partial charge in [-0.3, -0.25) is 4.90 Å². The number of nitrogens with zero attached hydrogens (tertiary/aromatic N) is 1. The molecule has 1 aliphatic heterocycles. The van der Waals surface area contributed by atoms with Crippen molar-refractivity contribution in [3.63, 3.8) is 0 Å². The number of piperidine rings is 1. The Morgan fingerprint density at radius 2 is 1.94 bits per heavy atom. The molecule has 3 nitrogen and oxygen atoms in total. The lowest BCUT2D eigenvalue weighted by molar-refractivity contribution is 0.127. The fourth-order valence-corrected chi connectivity index (χ4v) is 2.40. The van der Waals surface area contributed by atoms with Crippen LogP contribution in [0.1, 0.15) is 32.3 Å². The molecule has 0 saturated carbocycles. The summed E-state index contributed by atoms with van der Waals surface area (Å²) >= 11 is 0. The van der Waals surface area contributed by atoms with Crippen molar-refractivity contribution in [2.24, 2.45) is 5.41 Å². The first-order valence-corrected chi connectivity index (χ1v) is 6.65. The van der Waals surface area contributed by atoms with Crippen molar-refractivity contribution in [1.29, 1.82) is 0 Å². The van der Waals surface area contributed by atoms with E-state index in [0.717, 1.165) is 31.1 Å². The molecule has 0 amide bonds. The first kappa shape index (κ1) is 13.2. The number of nitrogens with two attached hydrogens (primary N) is 1. The number of anilines is 1. The Labute approximate surface area is 110 Å². The van der Waals surface area contributed by atoms with Crippen LogP contribution >= 0.6 is 0 Å². The van der Waals surface area contributed by atoms with Crippen LogP contribution in [0.5, 0.6) is 5.75 Å². The highest BCUT2D eigenvalue weighted by Gasteiger charge is 2.25. The van der Waals surface area contributed by atoms with E-state index in [0.29, 0.717) is 5.41 Å². The molecule has 0 bridgehead atoms. The molecule has 1 aliphatic rings. The fraction of sp³-hybridized carbons (Fsp3) is 0.600. The second-order valence-electron chi connectivity index (χ2n) is 6.01. The van der Waals surface area contributed by atoms with Crippen LogP contribution in [0.15, 0.2) is 18.2 Å². The molecule has 3 heteroatoms. The molecule has 1 saturated heterocycles. The van der Waals surface area contributed by atoms with E-state index in [2.05, 4.69) is 24.8 Å². The molecule has 18 heavy (non-hydrogen) atoms. The summed E-state index contributed by atoms with van der Waals surface area (Å²) in [7, 11) is 1.69. The van der Waals surface area contributed by atoms with E-state index < -0.39 is 0 Å². The molecule has 1 aromatic rings. The third kappa shape index (κ3) is 3.16. The van der Waals surface area contributed by atoms with Gasteiger partial charge in [0, 0.05) is 12.2 Å². The second kappa shape index (κ2) is 5.19. The van der Waals surface area contributed by atoms with Gasteiger partial charge in [-0.05, 0) is 55.1 Å². The van der Waals surface area contributed by atoms with Gasteiger partial charge in [0.05, 0.1) is 7.11 Å². The zero-order valence-electron chi connectivity index (χ0n) is 11.7. The maximum atomic E-state index is 6.03. The van der Waals surface area contributed by atoms with Gasteiger partial charge in [0.2, 0.25) is 0 Å². The van der Waals surface area contributed by atoms with Crippen LogP contribution in [0, 0.1) is 5.41 Å². The zero-order chi connectivity index (χ0) is 13.2. The first-order valence-electron chi connectivity index (χ1n) is 6.65. The van der Waals surface area contributed by atoms with E-state index in [9.17, 15) is 0 Å². The number of methoxy groups -OCH3 is 1. The van der Waals surface area contributed by atoms with Crippen LogP contribution in [0.25, 0.3) is 0 Å². The smallest absolute Gasteiger partial charge is 0.119 e. The zero-order valence-corrected chi connectivity index (χ0v) is 11.7.